The number of fused-ring (bicyclic) bond motifs is 1. The normalized spacial score (nSPS) is 10.9. The van der Waals surface area contributed by atoms with E-state index in [4.69, 9.17) is 4.74 Å². The van der Waals surface area contributed by atoms with Gasteiger partial charge in [-0.3, -0.25) is 0 Å². The van der Waals surface area contributed by atoms with Crippen LogP contribution >= 0.6 is 11.3 Å². The minimum atomic E-state index is -0.293. The number of aromatic amines is 1. The summed E-state index contributed by atoms with van der Waals surface area (Å²) in [4.78, 5) is 16.1. The molecule has 0 saturated carbocycles. The number of rotatable bonds is 3. The number of carbonyl (C=O) groups excluding carboxylic acids is 1. The van der Waals surface area contributed by atoms with Crippen LogP contribution in [0.5, 0.6) is 0 Å². The van der Waals surface area contributed by atoms with Gasteiger partial charge < -0.3 is 4.74 Å². The van der Waals surface area contributed by atoms with Gasteiger partial charge in [-0.15, -0.1) is 0 Å². The Hall–Kier alpha value is -2.14. The summed E-state index contributed by atoms with van der Waals surface area (Å²) in [5, 5.41) is 1.81. The lowest BCUT2D eigenvalue weighted by atomic mass is 10.1. The minimum absolute atomic E-state index is 0.293. The summed E-state index contributed by atoms with van der Waals surface area (Å²) in [7, 11) is 0. The van der Waals surface area contributed by atoms with E-state index in [-0.39, 0.29) is 5.97 Å². The zero-order chi connectivity index (χ0) is 14.1. The molecule has 0 aliphatic carbocycles. The molecule has 1 aromatic carbocycles. The minimum Gasteiger partial charge on any atom is -0.460 e. The third kappa shape index (κ3) is 2.20. The lowest BCUT2D eigenvalue weighted by Crippen LogP contribution is -2.26. The fraction of sp³-hybridized carbons (Fsp3) is 0.200. The number of benzene rings is 1. The predicted octanol–water partition coefficient (Wildman–Crippen LogP) is 2.97. The number of aromatic nitrogens is 2. The van der Waals surface area contributed by atoms with Gasteiger partial charge in [-0.1, -0.05) is 41.2 Å². The number of esters is 1. The smallest absolute Gasteiger partial charge is 0.379 e. The molecule has 0 aliphatic rings. The quantitative estimate of drug-likeness (QED) is 0.594. The predicted molar refractivity (Wildman–Crippen MR) is 78.0 cm³/mol. The van der Waals surface area contributed by atoms with Gasteiger partial charge >= 0.3 is 10.9 Å². The van der Waals surface area contributed by atoms with E-state index in [2.05, 4.69) is 36.2 Å². The van der Waals surface area contributed by atoms with E-state index in [9.17, 15) is 4.79 Å². The molecule has 102 valence electrons. The van der Waals surface area contributed by atoms with Crippen molar-refractivity contribution in [3.63, 3.8) is 0 Å². The Balaban J connectivity index is 2.03. The molecule has 0 aliphatic heterocycles. The van der Waals surface area contributed by atoms with Crippen LogP contribution in [0.1, 0.15) is 23.0 Å². The van der Waals surface area contributed by atoms with Crippen molar-refractivity contribution in [2.45, 2.75) is 13.8 Å². The zero-order valence-corrected chi connectivity index (χ0v) is 12.2. The van der Waals surface area contributed by atoms with Crippen molar-refractivity contribution in [1.82, 2.24) is 4.98 Å². The number of nitrogens with zero attached hydrogens (tertiary/aromatic N) is 1. The lowest BCUT2D eigenvalue weighted by Gasteiger charge is -1.96. The van der Waals surface area contributed by atoms with Gasteiger partial charge in [0.05, 0.1) is 12.0 Å². The molecule has 0 fully saturated rings. The molecule has 5 heteroatoms. The molecule has 0 bridgehead atoms. The van der Waals surface area contributed by atoms with Crippen LogP contribution in [0.4, 0.5) is 0 Å². The molecule has 20 heavy (non-hydrogen) atoms. The third-order valence-electron chi connectivity index (χ3n) is 3.11. The van der Waals surface area contributed by atoms with Gasteiger partial charge in [0.2, 0.25) is 5.69 Å². The fourth-order valence-corrected chi connectivity index (χ4v) is 2.93. The number of ether oxygens (including phenoxy) is 1. The zero-order valence-electron chi connectivity index (χ0n) is 11.3. The average molecular weight is 287 g/mol. The van der Waals surface area contributed by atoms with Crippen molar-refractivity contribution in [3.05, 3.63) is 47.1 Å². The molecular formula is C15H15N2O2S+. The van der Waals surface area contributed by atoms with E-state index in [0.717, 1.165) is 16.2 Å². The van der Waals surface area contributed by atoms with Crippen molar-refractivity contribution >= 4 is 22.3 Å². The van der Waals surface area contributed by atoms with E-state index in [1.807, 2.05) is 16.0 Å². The van der Waals surface area contributed by atoms with Gasteiger partial charge in [0, 0.05) is 5.56 Å². The van der Waals surface area contributed by atoms with Crippen LogP contribution in [0.25, 0.3) is 16.2 Å². The summed E-state index contributed by atoms with van der Waals surface area (Å²) < 4.78 is 6.90. The van der Waals surface area contributed by atoms with Crippen molar-refractivity contribution in [2.75, 3.05) is 6.61 Å². The number of carbonyl (C=O) groups is 1. The first kappa shape index (κ1) is 12.9. The van der Waals surface area contributed by atoms with Crippen LogP contribution in [0.2, 0.25) is 0 Å². The van der Waals surface area contributed by atoms with E-state index in [0.29, 0.717) is 12.3 Å². The summed E-state index contributed by atoms with van der Waals surface area (Å²) in [6, 6.07) is 8.27. The highest BCUT2D eigenvalue weighted by Crippen LogP contribution is 2.20. The molecule has 4 nitrogen and oxygen atoms in total. The lowest BCUT2D eigenvalue weighted by molar-refractivity contribution is -0.508. The maximum atomic E-state index is 11.9. The van der Waals surface area contributed by atoms with Gasteiger partial charge in [0.25, 0.3) is 0 Å². The second-order valence-corrected chi connectivity index (χ2v) is 5.41. The van der Waals surface area contributed by atoms with Crippen LogP contribution in [-0.4, -0.2) is 17.6 Å². The topological polar surface area (TPSA) is 46.2 Å². The third-order valence-corrected chi connectivity index (χ3v) is 3.97. The molecule has 2 heterocycles. The number of thiazole rings is 1. The Labute approximate surface area is 120 Å². The highest BCUT2D eigenvalue weighted by Gasteiger charge is 2.22. The molecule has 1 N–H and O–H groups in total. The first-order chi connectivity index (χ1) is 9.69. The first-order valence-electron chi connectivity index (χ1n) is 6.45. The van der Waals surface area contributed by atoms with Gasteiger partial charge in [-0.2, -0.15) is 4.40 Å². The van der Waals surface area contributed by atoms with Crippen molar-refractivity contribution in [2.24, 2.45) is 0 Å². The molecule has 0 spiro atoms. The molecule has 3 rings (SSSR count). The summed E-state index contributed by atoms with van der Waals surface area (Å²) in [6.45, 7) is 4.25. The summed E-state index contributed by atoms with van der Waals surface area (Å²) in [6.07, 6.45) is 1.93. The Morgan fingerprint density at radius 2 is 2.10 bits per heavy atom. The summed E-state index contributed by atoms with van der Waals surface area (Å²) in [5.74, 6) is -0.293. The van der Waals surface area contributed by atoms with E-state index in [1.54, 1.807) is 6.92 Å². The van der Waals surface area contributed by atoms with Gasteiger partial charge in [0.1, 0.15) is 6.20 Å². The molecule has 0 unspecified atom stereocenters. The van der Waals surface area contributed by atoms with Gasteiger partial charge in [-0.05, 0) is 13.8 Å². The van der Waals surface area contributed by atoms with Crippen molar-refractivity contribution in [1.29, 1.82) is 0 Å². The molecule has 0 atom stereocenters. The molecule has 2 aromatic heterocycles. The number of imidazole rings is 1. The van der Waals surface area contributed by atoms with E-state index < -0.39 is 0 Å². The van der Waals surface area contributed by atoms with Crippen LogP contribution in [0.3, 0.4) is 0 Å². The summed E-state index contributed by atoms with van der Waals surface area (Å²) in [5.41, 5.74) is 3.87. The van der Waals surface area contributed by atoms with Crippen LogP contribution < -0.4 is 4.40 Å². The Morgan fingerprint density at radius 1 is 1.35 bits per heavy atom. The Kier molecular flexibility index (Phi) is 3.28. The molecule has 0 saturated heterocycles. The maximum Gasteiger partial charge on any atom is 0.379 e. The van der Waals surface area contributed by atoms with Gasteiger partial charge in [-0.25, -0.2) is 9.78 Å². The summed E-state index contributed by atoms with van der Waals surface area (Å²) >= 11 is 1.49. The standard InChI is InChI=1S/C15H14N2O2S/c1-3-19-14(18)13-9-20-15-16-12(8-17(13)15)11-6-4-10(2)5-7-11/h4-9H,3H2,1-2H3/p+1. The Bertz CT molecular complexity index is 756. The van der Waals surface area contributed by atoms with Crippen LogP contribution in [0.15, 0.2) is 35.8 Å². The SMILES string of the molecule is CCOC(=O)c1csc2[nH]c(-c3ccc(C)cc3)c[n+]12. The second kappa shape index (κ2) is 5.09. The maximum absolute atomic E-state index is 11.9. The second-order valence-electron chi connectivity index (χ2n) is 4.55. The van der Waals surface area contributed by atoms with Crippen LogP contribution in [-0.2, 0) is 4.74 Å². The first-order valence-corrected chi connectivity index (χ1v) is 7.33. The van der Waals surface area contributed by atoms with Gasteiger partial charge in [0.15, 0.2) is 5.69 Å². The molecule has 0 amide bonds. The largest absolute Gasteiger partial charge is 0.460 e. The van der Waals surface area contributed by atoms with E-state index in [1.165, 1.54) is 16.9 Å². The Morgan fingerprint density at radius 3 is 2.80 bits per heavy atom. The molecular weight excluding hydrogens is 272 g/mol. The van der Waals surface area contributed by atoms with E-state index >= 15 is 0 Å². The molecule has 3 aromatic rings. The molecule has 0 radical (unpaired) electrons. The van der Waals surface area contributed by atoms with Crippen molar-refractivity contribution < 1.29 is 13.9 Å². The highest BCUT2D eigenvalue weighted by molar-refractivity contribution is 7.14. The van der Waals surface area contributed by atoms with Crippen LogP contribution in [0, 0.1) is 6.92 Å². The number of aryl methyl sites for hydroxylation is 1. The number of H-pyrrole nitrogens is 1. The number of hydrogen-bond acceptors (Lipinski definition) is 3. The number of hydrogen-bond donors (Lipinski definition) is 1. The average Bonchev–Trinajstić information content (AvgIpc) is 2.99. The highest BCUT2D eigenvalue weighted by atomic mass is 32.1. The fourth-order valence-electron chi connectivity index (χ4n) is 2.06. The monoisotopic (exact) mass is 287 g/mol. The van der Waals surface area contributed by atoms with Crippen molar-refractivity contribution in [3.8, 4) is 11.3 Å². The number of nitrogens with one attached hydrogen (secondary N) is 1.